The molecule has 0 unspecified atom stereocenters. The van der Waals surface area contributed by atoms with E-state index in [4.69, 9.17) is 10.8 Å². The van der Waals surface area contributed by atoms with Crippen LogP contribution >= 0.6 is 0 Å². The molecule has 1 aromatic heterocycles. The van der Waals surface area contributed by atoms with Crippen molar-refractivity contribution in [1.82, 2.24) is 15.2 Å². The number of carboxylic acid groups (broad SMARTS) is 1. The highest BCUT2D eigenvalue weighted by Crippen LogP contribution is 2.25. The van der Waals surface area contributed by atoms with E-state index in [-0.39, 0.29) is 31.3 Å². The lowest BCUT2D eigenvalue weighted by molar-refractivity contribution is -0.141. The van der Waals surface area contributed by atoms with Gasteiger partial charge in [-0.2, -0.15) is 0 Å². The molecule has 1 atom stereocenters. The van der Waals surface area contributed by atoms with Crippen molar-refractivity contribution in [1.29, 1.82) is 0 Å². The Kier molecular flexibility index (Phi) is 5.44. The van der Waals surface area contributed by atoms with Crippen LogP contribution in [0.3, 0.4) is 0 Å². The van der Waals surface area contributed by atoms with Gasteiger partial charge in [0.1, 0.15) is 11.9 Å². The zero-order valence-electron chi connectivity index (χ0n) is 15.3. The maximum Gasteiger partial charge on any atom is 0.305 e. The van der Waals surface area contributed by atoms with Crippen molar-refractivity contribution >= 4 is 29.3 Å². The van der Waals surface area contributed by atoms with Gasteiger partial charge in [0.05, 0.1) is 18.7 Å². The van der Waals surface area contributed by atoms with Crippen molar-refractivity contribution in [2.24, 2.45) is 0 Å². The number of hydrogen-bond acceptors (Lipinski definition) is 6. The van der Waals surface area contributed by atoms with Gasteiger partial charge in [-0.15, -0.1) is 0 Å². The molecule has 0 aliphatic carbocycles. The van der Waals surface area contributed by atoms with Gasteiger partial charge in [0.2, 0.25) is 5.91 Å². The van der Waals surface area contributed by atoms with E-state index in [1.54, 1.807) is 43.4 Å². The van der Waals surface area contributed by atoms with Crippen molar-refractivity contribution in [3.05, 3.63) is 53.2 Å². The number of carboxylic acids is 1. The molecule has 2 aromatic rings. The Morgan fingerprint density at radius 1 is 1.36 bits per heavy atom. The van der Waals surface area contributed by atoms with E-state index in [2.05, 4.69) is 15.6 Å². The second-order valence-corrected chi connectivity index (χ2v) is 6.60. The van der Waals surface area contributed by atoms with Crippen LogP contribution in [0.1, 0.15) is 28.0 Å². The predicted octanol–water partition coefficient (Wildman–Crippen LogP) is 0.821. The molecule has 1 aliphatic rings. The fourth-order valence-corrected chi connectivity index (χ4v) is 3.04. The molecule has 146 valence electrons. The highest BCUT2D eigenvalue weighted by Gasteiger charge is 2.29. The summed E-state index contributed by atoms with van der Waals surface area (Å²) in [5.74, 6) is -1.27. The summed E-state index contributed by atoms with van der Waals surface area (Å²) in [5, 5.41) is 14.8. The molecule has 2 amide bonds. The third-order valence-electron chi connectivity index (χ3n) is 4.42. The Bertz CT molecular complexity index is 930. The van der Waals surface area contributed by atoms with Crippen LogP contribution < -0.4 is 16.4 Å². The molecule has 3 rings (SSSR count). The summed E-state index contributed by atoms with van der Waals surface area (Å²) in [6.45, 7) is 0.507. The molecule has 0 bridgehead atoms. The molecule has 1 aliphatic heterocycles. The van der Waals surface area contributed by atoms with E-state index >= 15 is 0 Å². The van der Waals surface area contributed by atoms with E-state index < -0.39 is 12.0 Å². The van der Waals surface area contributed by atoms with Gasteiger partial charge in [-0.25, -0.2) is 4.98 Å². The fraction of sp³-hybridized carbons (Fsp3) is 0.263. The van der Waals surface area contributed by atoms with Crippen LogP contribution in [0.2, 0.25) is 0 Å². The van der Waals surface area contributed by atoms with E-state index in [1.807, 2.05) is 0 Å². The number of aromatic nitrogens is 1. The number of likely N-dealkylation sites (N-methyl/N-ethyl adjacent to an activating group) is 1. The van der Waals surface area contributed by atoms with Crippen molar-refractivity contribution < 1.29 is 19.5 Å². The van der Waals surface area contributed by atoms with Gasteiger partial charge >= 0.3 is 5.97 Å². The Morgan fingerprint density at radius 3 is 2.86 bits per heavy atom. The summed E-state index contributed by atoms with van der Waals surface area (Å²) in [6, 6.07) is 9.35. The molecule has 9 nitrogen and oxygen atoms in total. The predicted molar refractivity (Wildman–Crippen MR) is 102 cm³/mol. The highest BCUT2D eigenvalue weighted by molar-refractivity contribution is 5.95. The molecule has 0 radical (unpaired) electrons. The second-order valence-electron chi connectivity index (χ2n) is 6.60. The lowest BCUT2D eigenvalue weighted by Crippen LogP contribution is -2.39. The lowest BCUT2D eigenvalue weighted by atomic mass is 10.1. The van der Waals surface area contributed by atoms with Gasteiger partial charge in [0.25, 0.3) is 5.91 Å². The summed E-state index contributed by atoms with van der Waals surface area (Å²) < 4.78 is 0. The molecule has 0 saturated carbocycles. The molecule has 9 heteroatoms. The molecule has 1 aromatic carbocycles. The van der Waals surface area contributed by atoms with Crippen LogP contribution in [0.4, 0.5) is 11.5 Å². The van der Waals surface area contributed by atoms with Crippen LogP contribution in [-0.4, -0.2) is 45.9 Å². The molecule has 5 N–H and O–H groups in total. The largest absolute Gasteiger partial charge is 0.481 e. The van der Waals surface area contributed by atoms with E-state index in [0.717, 1.165) is 5.56 Å². The number of pyridine rings is 1. The second kappa shape index (κ2) is 7.95. The number of anilines is 2. The number of nitrogens with one attached hydrogen (secondary N) is 2. The SMILES string of the molecule is CN1Cc2cc(C(=O)NCc3cccc(N)n3)ccc2N[C@@H](CC(=O)O)C1=O. The van der Waals surface area contributed by atoms with Gasteiger partial charge in [-0.1, -0.05) is 6.07 Å². The number of nitrogens with zero attached hydrogens (tertiary/aromatic N) is 2. The molecular formula is C19H21N5O4. The minimum atomic E-state index is -1.06. The first-order valence-electron chi connectivity index (χ1n) is 8.69. The molecule has 2 heterocycles. The van der Waals surface area contributed by atoms with Crippen molar-refractivity contribution in [3.8, 4) is 0 Å². The Balaban J connectivity index is 1.75. The van der Waals surface area contributed by atoms with Gasteiger partial charge in [-0.05, 0) is 35.9 Å². The summed E-state index contributed by atoms with van der Waals surface area (Å²) in [6.07, 6.45) is -0.321. The maximum atomic E-state index is 12.5. The standard InChI is InChI=1S/C19H21N5O4/c1-24-10-12-7-11(18(27)21-9-13-3-2-4-16(20)22-13)5-6-14(12)23-15(19(24)28)8-17(25)26/h2-7,15,23H,8-10H2,1H3,(H2,20,22)(H,21,27)(H,25,26)/t15-/m0/s1. The third-order valence-corrected chi connectivity index (χ3v) is 4.42. The van der Waals surface area contributed by atoms with E-state index in [1.165, 1.54) is 4.90 Å². The molecular weight excluding hydrogens is 362 g/mol. The Labute approximate surface area is 161 Å². The fourth-order valence-electron chi connectivity index (χ4n) is 3.04. The van der Waals surface area contributed by atoms with Crippen molar-refractivity contribution in [2.75, 3.05) is 18.1 Å². The minimum Gasteiger partial charge on any atom is -0.481 e. The van der Waals surface area contributed by atoms with Crippen LogP contribution in [0.5, 0.6) is 0 Å². The Hall–Kier alpha value is -3.62. The normalized spacial score (nSPS) is 16.0. The van der Waals surface area contributed by atoms with Crippen LogP contribution in [0.25, 0.3) is 0 Å². The maximum absolute atomic E-state index is 12.5. The smallest absolute Gasteiger partial charge is 0.305 e. The summed E-state index contributed by atoms with van der Waals surface area (Å²) in [7, 11) is 1.60. The first-order valence-corrected chi connectivity index (χ1v) is 8.69. The van der Waals surface area contributed by atoms with Gasteiger partial charge in [0, 0.05) is 24.8 Å². The zero-order valence-corrected chi connectivity index (χ0v) is 15.3. The quantitative estimate of drug-likeness (QED) is 0.600. The van der Waals surface area contributed by atoms with Gasteiger partial charge in [-0.3, -0.25) is 14.4 Å². The molecule has 28 heavy (non-hydrogen) atoms. The van der Waals surface area contributed by atoms with E-state index in [0.29, 0.717) is 22.8 Å². The number of carbonyl (C=O) groups excluding carboxylic acids is 2. The number of fused-ring (bicyclic) bond motifs is 1. The van der Waals surface area contributed by atoms with Crippen LogP contribution in [0.15, 0.2) is 36.4 Å². The Morgan fingerprint density at radius 2 is 2.14 bits per heavy atom. The first-order chi connectivity index (χ1) is 13.3. The number of rotatable bonds is 5. The van der Waals surface area contributed by atoms with Gasteiger partial charge < -0.3 is 26.4 Å². The lowest BCUT2D eigenvalue weighted by Gasteiger charge is -2.19. The summed E-state index contributed by atoms with van der Waals surface area (Å²) in [5.41, 5.74) is 8.08. The van der Waals surface area contributed by atoms with Crippen LogP contribution in [0, 0.1) is 0 Å². The summed E-state index contributed by atoms with van der Waals surface area (Å²) in [4.78, 5) is 41.4. The number of nitrogen functional groups attached to an aromatic ring is 1. The van der Waals surface area contributed by atoms with Gasteiger partial charge in [0.15, 0.2) is 0 Å². The molecule has 0 saturated heterocycles. The minimum absolute atomic E-state index is 0.234. The monoisotopic (exact) mass is 383 g/mol. The average molecular weight is 383 g/mol. The number of carbonyl (C=O) groups is 3. The highest BCUT2D eigenvalue weighted by atomic mass is 16.4. The third kappa shape index (κ3) is 4.37. The van der Waals surface area contributed by atoms with Crippen molar-refractivity contribution in [2.45, 2.75) is 25.6 Å². The number of nitrogens with two attached hydrogens (primary N) is 1. The topological polar surface area (TPSA) is 138 Å². The average Bonchev–Trinajstić information content (AvgIpc) is 2.76. The first kappa shape index (κ1) is 19.2. The van der Waals surface area contributed by atoms with Crippen molar-refractivity contribution in [3.63, 3.8) is 0 Å². The number of hydrogen-bond donors (Lipinski definition) is 4. The molecule has 0 fully saturated rings. The summed E-state index contributed by atoms with van der Waals surface area (Å²) >= 11 is 0. The number of amides is 2. The number of benzene rings is 1. The van der Waals surface area contributed by atoms with Crippen LogP contribution in [-0.2, 0) is 22.7 Å². The number of aliphatic carboxylic acids is 1. The van der Waals surface area contributed by atoms with E-state index in [9.17, 15) is 14.4 Å². The molecule has 0 spiro atoms. The zero-order chi connectivity index (χ0) is 20.3.